The Morgan fingerprint density at radius 2 is 1.83 bits per heavy atom. The quantitative estimate of drug-likeness (QED) is 0.350. The van der Waals surface area contributed by atoms with Crippen molar-refractivity contribution in [3.05, 3.63) is 63.7 Å². The molecular formula is C21H24N2O7. The van der Waals surface area contributed by atoms with Crippen LogP contribution in [0.3, 0.4) is 0 Å². The monoisotopic (exact) mass is 416 g/mol. The van der Waals surface area contributed by atoms with E-state index in [0.717, 1.165) is 11.6 Å². The van der Waals surface area contributed by atoms with Crippen LogP contribution in [0.5, 0.6) is 11.5 Å². The molecule has 0 saturated heterocycles. The fourth-order valence-corrected chi connectivity index (χ4v) is 2.77. The smallest absolute Gasteiger partial charge is 0.345 e. The number of nitro benzene ring substituents is 1. The van der Waals surface area contributed by atoms with Crippen LogP contribution in [0.1, 0.15) is 35.8 Å². The van der Waals surface area contributed by atoms with Gasteiger partial charge < -0.3 is 19.1 Å². The van der Waals surface area contributed by atoms with Crippen molar-refractivity contribution in [2.75, 3.05) is 27.4 Å². The van der Waals surface area contributed by atoms with Gasteiger partial charge >= 0.3 is 5.97 Å². The summed E-state index contributed by atoms with van der Waals surface area (Å²) in [5, 5.41) is 11.4. The highest BCUT2D eigenvalue weighted by atomic mass is 16.6. The van der Waals surface area contributed by atoms with Crippen molar-refractivity contribution in [2.45, 2.75) is 19.9 Å². The van der Waals surface area contributed by atoms with E-state index in [2.05, 4.69) is 0 Å². The number of likely N-dealkylation sites (N-methyl/N-ethyl adjacent to an activating group) is 1. The van der Waals surface area contributed by atoms with E-state index in [1.54, 1.807) is 14.0 Å². The van der Waals surface area contributed by atoms with Crippen LogP contribution in [0.15, 0.2) is 42.5 Å². The number of esters is 1. The fourth-order valence-electron chi connectivity index (χ4n) is 2.77. The van der Waals surface area contributed by atoms with Gasteiger partial charge in [-0.2, -0.15) is 0 Å². The van der Waals surface area contributed by atoms with Gasteiger partial charge in [0.1, 0.15) is 5.56 Å². The second kappa shape index (κ2) is 10.2. The van der Waals surface area contributed by atoms with E-state index in [-0.39, 0.29) is 29.7 Å². The first-order chi connectivity index (χ1) is 14.3. The van der Waals surface area contributed by atoms with Crippen molar-refractivity contribution in [3.8, 4) is 11.5 Å². The predicted octanol–water partition coefficient (Wildman–Crippen LogP) is 3.38. The molecule has 0 saturated carbocycles. The first-order valence-corrected chi connectivity index (χ1v) is 9.27. The third-order valence-corrected chi connectivity index (χ3v) is 4.58. The molecule has 0 bridgehead atoms. The molecule has 0 spiro atoms. The maximum Gasteiger partial charge on any atom is 0.345 e. The van der Waals surface area contributed by atoms with Crippen molar-refractivity contribution in [2.24, 2.45) is 0 Å². The summed E-state index contributed by atoms with van der Waals surface area (Å²) in [5.74, 6) is -1.16. The second-order valence-corrected chi connectivity index (χ2v) is 6.38. The largest absolute Gasteiger partial charge is 0.493 e. The summed E-state index contributed by atoms with van der Waals surface area (Å²) >= 11 is 0. The lowest BCUT2D eigenvalue weighted by Crippen LogP contribution is -2.33. The van der Waals surface area contributed by atoms with Crippen molar-refractivity contribution in [1.82, 2.24) is 4.90 Å². The van der Waals surface area contributed by atoms with E-state index in [0.29, 0.717) is 0 Å². The van der Waals surface area contributed by atoms with Crippen molar-refractivity contribution < 1.29 is 28.7 Å². The SMILES string of the molecule is CCOc1cc(C(=O)OCC(=O)N(C)[C@@H](C)c2ccccc2)c([N+](=O)[O-])cc1OC. The Morgan fingerprint density at radius 3 is 2.40 bits per heavy atom. The molecule has 2 rings (SSSR count). The van der Waals surface area contributed by atoms with Crippen LogP contribution >= 0.6 is 0 Å². The van der Waals surface area contributed by atoms with E-state index in [1.807, 2.05) is 37.3 Å². The topological polar surface area (TPSA) is 108 Å². The number of nitro groups is 1. The van der Waals surface area contributed by atoms with Gasteiger partial charge in [0.15, 0.2) is 18.1 Å². The molecule has 0 aromatic heterocycles. The van der Waals surface area contributed by atoms with Gasteiger partial charge in [-0.1, -0.05) is 30.3 Å². The maximum atomic E-state index is 12.5. The van der Waals surface area contributed by atoms with E-state index >= 15 is 0 Å². The summed E-state index contributed by atoms with van der Waals surface area (Å²) in [6, 6.07) is 11.4. The molecule has 0 aliphatic carbocycles. The lowest BCUT2D eigenvalue weighted by Gasteiger charge is -2.25. The molecule has 0 aliphatic rings. The Bertz CT molecular complexity index is 915. The molecule has 160 valence electrons. The standard InChI is InChI=1S/C21H24N2O7/c1-5-29-19-11-16(17(23(26)27)12-18(19)28-4)21(25)30-13-20(24)22(3)14(2)15-9-7-6-8-10-15/h6-12,14H,5,13H2,1-4H3/t14-/m0/s1. The molecule has 0 fully saturated rings. The molecule has 0 radical (unpaired) electrons. The lowest BCUT2D eigenvalue weighted by molar-refractivity contribution is -0.385. The van der Waals surface area contributed by atoms with Crippen LogP contribution in [-0.2, 0) is 9.53 Å². The van der Waals surface area contributed by atoms with E-state index in [4.69, 9.17) is 14.2 Å². The number of carbonyl (C=O) groups is 2. The summed E-state index contributed by atoms with van der Waals surface area (Å²) in [4.78, 5) is 37.1. The zero-order chi connectivity index (χ0) is 22.3. The summed E-state index contributed by atoms with van der Waals surface area (Å²) in [5.41, 5.74) is 0.0985. The van der Waals surface area contributed by atoms with Crippen LogP contribution in [0.4, 0.5) is 5.69 Å². The molecule has 0 heterocycles. The highest BCUT2D eigenvalue weighted by molar-refractivity contribution is 5.96. The second-order valence-electron chi connectivity index (χ2n) is 6.38. The highest BCUT2D eigenvalue weighted by Gasteiger charge is 2.27. The highest BCUT2D eigenvalue weighted by Crippen LogP contribution is 2.35. The van der Waals surface area contributed by atoms with Gasteiger partial charge in [-0.25, -0.2) is 4.79 Å². The van der Waals surface area contributed by atoms with Crippen molar-refractivity contribution >= 4 is 17.6 Å². The molecule has 30 heavy (non-hydrogen) atoms. The molecular weight excluding hydrogens is 392 g/mol. The summed E-state index contributed by atoms with van der Waals surface area (Å²) in [7, 11) is 2.93. The number of ether oxygens (including phenoxy) is 3. The van der Waals surface area contributed by atoms with Gasteiger partial charge in [0.25, 0.3) is 11.6 Å². The Balaban J connectivity index is 2.16. The first-order valence-electron chi connectivity index (χ1n) is 9.27. The van der Waals surface area contributed by atoms with Crippen molar-refractivity contribution in [1.29, 1.82) is 0 Å². The Hall–Kier alpha value is -3.62. The van der Waals surface area contributed by atoms with E-state index < -0.39 is 29.1 Å². The number of nitrogens with zero attached hydrogens (tertiary/aromatic N) is 2. The van der Waals surface area contributed by atoms with E-state index in [1.165, 1.54) is 18.1 Å². The molecule has 2 aromatic carbocycles. The van der Waals surface area contributed by atoms with Gasteiger partial charge in [-0.05, 0) is 19.4 Å². The number of carbonyl (C=O) groups excluding carboxylic acids is 2. The molecule has 1 atom stereocenters. The summed E-state index contributed by atoms with van der Waals surface area (Å²) in [6.45, 7) is 3.28. The molecule has 9 nitrogen and oxygen atoms in total. The molecule has 1 amide bonds. The zero-order valence-corrected chi connectivity index (χ0v) is 17.3. The Morgan fingerprint density at radius 1 is 1.17 bits per heavy atom. The van der Waals surface area contributed by atoms with Gasteiger partial charge in [0, 0.05) is 13.1 Å². The van der Waals surface area contributed by atoms with Crippen LogP contribution < -0.4 is 9.47 Å². The third-order valence-electron chi connectivity index (χ3n) is 4.58. The average molecular weight is 416 g/mol. The minimum Gasteiger partial charge on any atom is -0.493 e. The maximum absolute atomic E-state index is 12.5. The number of hydrogen-bond donors (Lipinski definition) is 0. The van der Waals surface area contributed by atoms with Gasteiger partial charge in [-0.15, -0.1) is 0 Å². The minimum atomic E-state index is -1.00. The Labute approximate surface area is 174 Å². The Kier molecular flexibility index (Phi) is 7.74. The number of methoxy groups -OCH3 is 1. The fraction of sp³-hybridized carbons (Fsp3) is 0.333. The van der Waals surface area contributed by atoms with Gasteiger partial charge in [0.2, 0.25) is 0 Å². The van der Waals surface area contributed by atoms with Crippen LogP contribution in [0.2, 0.25) is 0 Å². The summed E-state index contributed by atoms with van der Waals surface area (Å²) < 4.78 is 15.5. The first kappa shape index (κ1) is 22.7. The molecule has 0 N–H and O–H groups in total. The third kappa shape index (κ3) is 5.25. The number of rotatable bonds is 9. The predicted molar refractivity (Wildman–Crippen MR) is 109 cm³/mol. The lowest BCUT2D eigenvalue weighted by atomic mass is 10.1. The van der Waals surface area contributed by atoms with Crippen LogP contribution in [0, 0.1) is 10.1 Å². The normalized spacial score (nSPS) is 11.3. The minimum absolute atomic E-state index is 0.118. The average Bonchev–Trinajstić information content (AvgIpc) is 2.76. The van der Waals surface area contributed by atoms with E-state index in [9.17, 15) is 19.7 Å². The molecule has 9 heteroatoms. The number of amides is 1. The van der Waals surface area contributed by atoms with Gasteiger partial charge in [-0.3, -0.25) is 14.9 Å². The zero-order valence-electron chi connectivity index (χ0n) is 17.3. The van der Waals surface area contributed by atoms with Crippen molar-refractivity contribution in [3.63, 3.8) is 0 Å². The van der Waals surface area contributed by atoms with Crippen LogP contribution in [-0.4, -0.2) is 49.1 Å². The molecule has 0 unspecified atom stereocenters. The van der Waals surface area contributed by atoms with Crippen LogP contribution in [0.25, 0.3) is 0 Å². The molecule has 2 aromatic rings. The molecule has 0 aliphatic heterocycles. The number of benzene rings is 2. The summed E-state index contributed by atoms with van der Waals surface area (Å²) in [6.07, 6.45) is 0. The van der Waals surface area contributed by atoms with Gasteiger partial charge in [0.05, 0.1) is 30.7 Å². The number of hydrogen-bond acceptors (Lipinski definition) is 7.